The molecule has 0 N–H and O–H groups in total. The first-order chi connectivity index (χ1) is 9.02. The maximum absolute atomic E-state index is 13.0. The smallest absolute Gasteiger partial charge is 0.356 e. The number of hydrogen-bond donors (Lipinski definition) is 0. The summed E-state index contributed by atoms with van der Waals surface area (Å²) in [4.78, 5) is 5.68. The Bertz CT molecular complexity index is 421. The van der Waals surface area contributed by atoms with Crippen LogP contribution >= 0.6 is 11.6 Å². The number of pyridine rings is 1. The van der Waals surface area contributed by atoms with Crippen molar-refractivity contribution in [3.63, 3.8) is 0 Å². The fourth-order valence-corrected chi connectivity index (χ4v) is 2.83. The summed E-state index contributed by atoms with van der Waals surface area (Å²) in [7, 11) is 0. The summed E-state index contributed by atoms with van der Waals surface area (Å²) in [5.74, 6) is 0.955. The summed E-state index contributed by atoms with van der Waals surface area (Å²) in [5.41, 5.74) is -0.651. The largest absolute Gasteiger partial charge is 0.419 e. The van der Waals surface area contributed by atoms with E-state index >= 15 is 0 Å². The third-order valence-electron chi connectivity index (χ3n) is 3.43. The molecule has 2 nitrogen and oxygen atoms in total. The number of aromatic nitrogens is 1. The number of halogens is 4. The van der Waals surface area contributed by atoms with Gasteiger partial charge >= 0.3 is 6.18 Å². The Morgan fingerprint density at radius 1 is 1.42 bits per heavy atom. The molecule has 1 fully saturated rings. The van der Waals surface area contributed by atoms with E-state index in [0.717, 1.165) is 25.3 Å². The standard InChI is InChI=1S/C13H16ClF3N2/c14-6-5-10-3-2-8-19(9-10)12-11(13(15,16)17)4-1-7-18-12/h1,4,7,10H,2-3,5-6,8-9H2. The van der Waals surface area contributed by atoms with Gasteiger partial charge in [-0.15, -0.1) is 11.6 Å². The Morgan fingerprint density at radius 2 is 2.21 bits per heavy atom. The van der Waals surface area contributed by atoms with E-state index in [1.165, 1.54) is 12.3 Å². The van der Waals surface area contributed by atoms with Gasteiger partial charge in [-0.05, 0) is 37.3 Å². The summed E-state index contributed by atoms with van der Waals surface area (Å²) < 4.78 is 38.9. The van der Waals surface area contributed by atoms with Crippen molar-refractivity contribution in [1.82, 2.24) is 4.98 Å². The topological polar surface area (TPSA) is 16.1 Å². The van der Waals surface area contributed by atoms with Crippen LogP contribution in [0.25, 0.3) is 0 Å². The Hall–Kier alpha value is -0.970. The van der Waals surface area contributed by atoms with E-state index in [1.807, 2.05) is 0 Å². The minimum Gasteiger partial charge on any atom is -0.356 e. The highest BCUT2D eigenvalue weighted by molar-refractivity contribution is 6.17. The fraction of sp³-hybridized carbons (Fsp3) is 0.615. The third-order valence-corrected chi connectivity index (χ3v) is 3.65. The summed E-state index contributed by atoms with van der Waals surface area (Å²) in [6.07, 6.45) is -0.197. The van der Waals surface area contributed by atoms with Crippen molar-refractivity contribution in [2.75, 3.05) is 23.9 Å². The Kier molecular flexibility index (Phi) is 4.55. The lowest BCUT2D eigenvalue weighted by Gasteiger charge is -2.34. The zero-order valence-corrected chi connectivity index (χ0v) is 11.2. The van der Waals surface area contributed by atoms with Crippen LogP contribution in [0.2, 0.25) is 0 Å². The molecule has 1 aromatic heterocycles. The molecule has 1 atom stereocenters. The lowest BCUT2D eigenvalue weighted by atomic mass is 9.95. The van der Waals surface area contributed by atoms with Gasteiger partial charge in [0.05, 0.1) is 5.56 Å². The van der Waals surface area contributed by atoms with Gasteiger partial charge in [-0.25, -0.2) is 4.98 Å². The Labute approximate surface area is 115 Å². The molecular formula is C13H16ClF3N2. The maximum Gasteiger partial charge on any atom is 0.419 e. The highest BCUT2D eigenvalue weighted by Gasteiger charge is 2.36. The second-order valence-corrected chi connectivity index (χ2v) is 5.18. The first-order valence-corrected chi connectivity index (χ1v) is 6.89. The molecule has 1 aliphatic rings. The zero-order chi connectivity index (χ0) is 13.9. The van der Waals surface area contributed by atoms with Crippen molar-refractivity contribution >= 4 is 17.4 Å². The van der Waals surface area contributed by atoms with Gasteiger partial charge in [0.2, 0.25) is 0 Å². The number of hydrogen-bond acceptors (Lipinski definition) is 2. The quantitative estimate of drug-likeness (QED) is 0.784. The SMILES string of the molecule is FC(F)(F)c1cccnc1N1CCCC(CCCl)C1. The lowest BCUT2D eigenvalue weighted by molar-refractivity contribution is -0.137. The van der Waals surface area contributed by atoms with Gasteiger partial charge in [0.15, 0.2) is 0 Å². The summed E-state index contributed by atoms with van der Waals surface area (Å²) >= 11 is 5.72. The van der Waals surface area contributed by atoms with Crippen LogP contribution in [-0.2, 0) is 6.18 Å². The molecule has 1 unspecified atom stereocenters. The third kappa shape index (κ3) is 3.53. The van der Waals surface area contributed by atoms with Crippen molar-refractivity contribution in [2.24, 2.45) is 5.92 Å². The second kappa shape index (κ2) is 5.99. The van der Waals surface area contributed by atoms with E-state index in [-0.39, 0.29) is 5.82 Å². The number of nitrogens with zero attached hydrogens (tertiary/aromatic N) is 2. The molecule has 1 aliphatic heterocycles. The van der Waals surface area contributed by atoms with E-state index in [4.69, 9.17) is 11.6 Å². The molecule has 0 amide bonds. The van der Waals surface area contributed by atoms with E-state index in [1.54, 1.807) is 4.90 Å². The van der Waals surface area contributed by atoms with Crippen LogP contribution in [-0.4, -0.2) is 24.0 Å². The predicted octanol–water partition coefficient (Wildman–Crippen LogP) is 3.95. The lowest BCUT2D eigenvalue weighted by Crippen LogP contribution is -2.37. The molecule has 1 aromatic rings. The van der Waals surface area contributed by atoms with Crippen LogP contribution in [0.3, 0.4) is 0 Å². The first-order valence-electron chi connectivity index (χ1n) is 6.35. The Morgan fingerprint density at radius 3 is 2.89 bits per heavy atom. The fourth-order valence-electron chi connectivity index (χ4n) is 2.52. The van der Waals surface area contributed by atoms with E-state index in [9.17, 15) is 13.2 Å². The average molecular weight is 293 g/mol. The highest BCUT2D eigenvalue weighted by atomic mass is 35.5. The van der Waals surface area contributed by atoms with Gasteiger partial charge in [-0.1, -0.05) is 0 Å². The zero-order valence-electron chi connectivity index (χ0n) is 10.5. The van der Waals surface area contributed by atoms with E-state index in [2.05, 4.69) is 4.98 Å². The van der Waals surface area contributed by atoms with Crippen LogP contribution in [0.15, 0.2) is 18.3 Å². The minimum absolute atomic E-state index is 0.0503. The molecule has 0 aromatic carbocycles. The van der Waals surface area contributed by atoms with Crippen LogP contribution in [0.4, 0.5) is 19.0 Å². The number of anilines is 1. The monoisotopic (exact) mass is 292 g/mol. The molecule has 1 saturated heterocycles. The minimum atomic E-state index is -4.36. The summed E-state index contributed by atoms with van der Waals surface area (Å²) in [6.45, 7) is 1.23. The molecule has 0 spiro atoms. The van der Waals surface area contributed by atoms with Crippen LogP contribution in [0.5, 0.6) is 0 Å². The molecule has 0 bridgehead atoms. The average Bonchev–Trinajstić information content (AvgIpc) is 2.38. The predicted molar refractivity (Wildman–Crippen MR) is 69.5 cm³/mol. The molecule has 0 aliphatic carbocycles. The van der Waals surface area contributed by atoms with Gasteiger partial charge in [-0.2, -0.15) is 13.2 Å². The number of rotatable bonds is 3. The second-order valence-electron chi connectivity index (χ2n) is 4.80. The molecular weight excluding hydrogens is 277 g/mol. The van der Waals surface area contributed by atoms with Crippen LogP contribution in [0, 0.1) is 5.92 Å². The summed E-state index contributed by atoms with van der Waals surface area (Å²) in [5, 5.41) is 0. The first kappa shape index (κ1) is 14.4. The van der Waals surface area contributed by atoms with Crippen molar-refractivity contribution in [1.29, 1.82) is 0 Å². The number of piperidine rings is 1. The van der Waals surface area contributed by atoms with E-state index < -0.39 is 11.7 Å². The van der Waals surface area contributed by atoms with Crippen molar-refractivity contribution in [3.8, 4) is 0 Å². The normalized spacial score (nSPS) is 20.6. The van der Waals surface area contributed by atoms with E-state index in [0.29, 0.717) is 24.9 Å². The molecule has 0 saturated carbocycles. The highest BCUT2D eigenvalue weighted by Crippen LogP contribution is 2.36. The molecule has 6 heteroatoms. The molecule has 2 rings (SSSR count). The van der Waals surface area contributed by atoms with Crippen molar-refractivity contribution in [2.45, 2.75) is 25.4 Å². The van der Waals surface area contributed by atoms with Gasteiger partial charge < -0.3 is 4.90 Å². The molecule has 19 heavy (non-hydrogen) atoms. The van der Waals surface area contributed by atoms with Crippen LogP contribution in [0.1, 0.15) is 24.8 Å². The van der Waals surface area contributed by atoms with Crippen molar-refractivity contribution in [3.05, 3.63) is 23.9 Å². The van der Waals surface area contributed by atoms with Crippen LogP contribution < -0.4 is 4.90 Å². The van der Waals surface area contributed by atoms with Gasteiger partial charge in [0.1, 0.15) is 5.82 Å². The van der Waals surface area contributed by atoms with Gasteiger partial charge in [0.25, 0.3) is 0 Å². The van der Waals surface area contributed by atoms with Crippen molar-refractivity contribution < 1.29 is 13.2 Å². The summed E-state index contributed by atoms with van der Waals surface area (Å²) in [6, 6.07) is 2.42. The molecule has 2 heterocycles. The Balaban J connectivity index is 2.21. The van der Waals surface area contributed by atoms with Gasteiger partial charge in [0, 0.05) is 25.2 Å². The number of alkyl halides is 4. The van der Waals surface area contributed by atoms with Gasteiger partial charge in [-0.3, -0.25) is 0 Å². The maximum atomic E-state index is 13.0. The molecule has 0 radical (unpaired) electrons. The molecule has 106 valence electrons.